The zero-order chi connectivity index (χ0) is 17.6. The van der Waals surface area contributed by atoms with Gasteiger partial charge < -0.3 is 10.6 Å². The van der Waals surface area contributed by atoms with E-state index >= 15 is 0 Å². The molecule has 0 aliphatic carbocycles. The summed E-state index contributed by atoms with van der Waals surface area (Å²) in [5.74, 6) is 0.828. The van der Waals surface area contributed by atoms with Crippen LogP contribution in [0.3, 0.4) is 0 Å². The highest BCUT2D eigenvalue weighted by atomic mass is 127. The lowest BCUT2D eigenvalue weighted by molar-refractivity contribution is 0.583. The van der Waals surface area contributed by atoms with Crippen molar-refractivity contribution < 1.29 is 0 Å². The topological polar surface area (TPSA) is 62.2 Å². The minimum atomic E-state index is 0. The molecule has 0 aromatic carbocycles. The first kappa shape index (κ1) is 22.3. The Labute approximate surface area is 175 Å². The van der Waals surface area contributed by atoms with E-state index in [1.807, 2.05) is 6.92 Å². The largest absolute Gasteiger partial charge is 0.357 e. The molecule has 0 bridgehead atoms. The van der Waals surface area contributed by atoms with E-state index in [1.54, 1.807) is 22.7 Å². The van der Waals surface area contributed by atoms with E-state index in [0.29, 0.717) is 6.54 Å². The molecule has 0 spiro atoms. The Morgan fingerprint density at radius 3 is 2.40 bits per heavy atom. The predicted octanol–water partition coefficient (Wildman–Crippen LogP) is 4.12. The Balaban J connectivity index is 0.00000312. The van der Waals surface area contributed by atoms with Crippen molar-refractivity contribution in [1.29, 1.82) is 0 Å². The summed E-state index contributed by atoms with van der Waals surface area (Å²) in [6.07, 6.45) is 0.902. The Morgan fingerprint density at radius 1 is 1.12 bits per heavy atom. The molecule has 0 radical (unpaired) electrons. The summed E-state index contributed by atoms with van der Waals surface area (Å²) in [4.78, 5) is 13.8. The van der Waals surface area contributed by atoms with Crippen molar-refractivity contribution >= 4 is 52.6 Å². The van der Waals surface area contributed by atoms with Crippen LogP contribution in [0.15, 0.2) is 15.8 Å². The molecule has 5 nitrogen and oxygen atoms in total. The number of hydrogen-bond acceptors (Lipinski definition) is 5. The number of aromatic nitrogens is 2. The molecule has 0 unspecified atom stereocenters. The quantitative estimate of drug-likeness (QED) is 0.361. The van der Waals surface area contributed by atoms with Gasteiger partial charge in [0, 0.05) is 35.7 Å². The average Bonchev–Trinajstić information content (AvgIpc) is 3.13. The number of nitrogens with zero attached hydrogens (tertiary/aromatic N) is 3. The molecular formula is C17H28IN5S2. The molecule has 2 aromatic heterocycles. The van der Waals surface area contributed by atoms with Crippen molar-refractivity contribution in [2.24, 2.45) is 4.99 Å². The normalized spacial score (nSPS) is 12.0. The zero-order valence-electron chi connectivity index (χ0n) is 15.5. The molecule has 2 rings (SSSR count). The van der Waals surface area contributed by atoms with Gasteiger partial charge in [0.1, 0.15) is 0 Å². The fraction of sp³-hybridized carbons (Fsp3) is 0.588. The maximum atomic E-state index is 4.69. The maximum Gasteiger partial charge on any atom is 0.191 e. The Hall–Kier alpha value is -0.740. The molecule has 0 amide bonds. The number of nitrogens with one attached hydrogen (secondary N) is 2. The second-order valence-corrected chi connectivity index (χ2v) is 8.54. The number of guanidine groups is 1. The zero-order valence-corrected chi connectivity index (χ0v) is 19.5. The molecule has 0 atom stereocenters. The highest BCUT2D eigenvalue weighted by Crippen LogP contribution is 2.25. The van der Waals surface area contributed by atoms with E-state index in [4.69, 9.17) is 4.98 Å². The summed E-state index contributed by atoms with van der Waals surface area (Å²) in [5.41, 5.74) is 2.26. The molecule has 0 aliphatic heterocycles. The highest BCUT2D eigenvalue weighted by Gasteiger charge is 2.17. The van der Waals surface area contributed by atoms with E-state index in [1.165, 1.54) is 0 Å². The van der Waals surface area contributed by atoms with Crippen molar-refractivity contribution in [3.63, 3.8) is 0 Å². The van der Waals surface area contributed by atoms with E-state index in [9.17, 15) is 0 Å². The molecule has 0 saturated heterocycles. The first-order valence-corrected chi connectivity index (χ1v) is 10.0. The standard InChI is InChI=1S/C17H27N5S2.HI/c1-6-18-16(19-8-7-13-10-23-12(2)21-13)20-9-14-11-24-15(22-14)17(3,4)5;/h10-11H,6-9H2,1-5H3,(H2,18,19,20);1H. The fourth-order valence-electron chi connectivity index (χ4n) is 2.06. The molecule has 140 valence electrons. The summed E-state index contributed by atoms with van der Waals surface area (Å²) >= 11 is 3.40. The van der Waals surface area contributed by atoms with Crippen molar-refractivity contribution in [2.75, 3.05) is 13.1 Å². The molecule has 0 aliphatic rings. The molecular weight excluding hydrogens is 465 g/mol. The van der Waals surface area contributed by atoms with Crippen LogP contribution in [0.2, 0.25) is 0 Å². The smallest absolute Gasteiger partial charge is 0.191 e. The summed E-state index contributed by atoms with van der Waals surface area (Å²) in [7, 11) is 0. The van der Waals surface area contributed by atoms with Gasteiger partial charge in [-0.2, -0.15) is 0 Å². The van der Waals surface area contributed by atoms with Crippen LogP contribution in [0.4, 0.5) is 0 Å². The van der Waals surface area contributed by atoms with Crippen LogP contribution in [-0.4, -0.2) is 29.0 Å². The van der Waals surface area contributed by atoms with Crippen molar-refractivity contribution in [2.45, 2.75) is 53.0 Å². The number of hydrogen-bond donors (Lipinski definition) is 2. The molecule has 8 heteroatoms. The molecule has 2 N–H and O–H groups in total. The lowest BCUT2D eigenvalue weighted by Crippen LogP contribution is -2.38. The maximum absolute atomic E-state index is 4.69. The van der Waals surface area contributed by atoms with Gasteiger partial charge in [-0.3, -0.25) is 0 Å². The van der Waals surface area contributed by atoms with Gasteiger partial charge in [0.2, 0.25) is 0 Å². The Kier molecular flexibility index (Phi) is 9.29. The summed E-state index contributed by atoms with van der Waals surface area (Å²) < 4.78 is 0. The molecule has 0 saturated carbocycles. The van der Waals surface area contributed by atoms with Gasteiger partial charge in [0.15, 0.2) is 5.96 Å². The lowest BCUT2D eigenvalue weighted by Gasteiger charge is -2.13. The fourth-order valence-corrected chi connectivity index (χ4v) is 3.60. The van der Waals surface area contributed by atoms with Gasteiger partial charge in [-0.15, -0.1) is 46.7 Å². The van der Waals surface area contributed by atoms with Gasteiger partial charge in [-0.05, 0) is 13.8 Å². The van der Waals surface area contributed by atoms with Crippen LogP contribution in [0.5, 0.6) is 0 Å². The monoisotopic (exact) mass is 493 g/mol. The van der Waals surface area contributed by atoms with E-state index in [-0.39, 0.29) is 29.4 Å². The first-order valence-electron chi connectivity index (χ1n) is 8.26. The SMILES string of the molecule is CCNC(=NCc1csc(C(C)(C)C)n1)NCCc1csc(C)n1.I. The number of halogens is 1. The van der Waals surface area contributed by atoms with Crippen LogP contribution in [0, 0.1) is 6.92 Å². The average molecular weight is 493 g/mol. The lowest BCUT2D eigenvalue weighted by atomic mass is 9.98. The molecule has 2 aromatic rings. The van der Waals surface area contributed by atoms with Crippen LogP contribution >= 0.6 is 46.7 Å². The second kappa shape index (κ2) is 10.4. The third-order valence-electron chi connectivity index (χ3n) is 3.28. The van der Waals surface area contributed by atoms with Gasteiger partial charge >= 0.3 is 0 Å². The van der Waals surface area contributed by atoms with Crippen LogP contribution in [0.1, 0.15) is 49.1 Å². The Morgan fingerprint density at radius 2 is 1.84 bits per heavy atom. The molecule has 25 heavy (non-hydrogen) atoms. The van der Waals surface area contributed by atoms with Crippen LogP contribution in [0.25, 0.3) is 0 Å². The highest BCUT2D eigenvalue weighted by molar-refractivity contribution is 14.0. The van der Waals surface area contributed by atoms with Crippen molar-refractivity contribution in [1.82, 2.24) is 20.6 Å². The third kappa shape index (κ3) is 7.57. The summed E-state index contributed by atoms with van der Waals surface area (Å²) in [6.45, 7) is 12.9. The summed E-state index contributed by atoms with van der Waals surface area (Å²) in [5, 5.41) is 13.1. The van der Waals surface area contributed by atoms with E-state index in [2.05, 4.69) is 59.1 Å². The van der Waals surface area contributed by atoms with Gasteiger partial charge in [0.25, 0.3) is 0 Å². The molecule has 0 fully saturated rings. The number of aliphatic imine (C=N–C) groups is 1. The van der Waals surface area contributed by atoms with Gasteiger partial charge in [0.05, 0.1) is 27.9 Å². The molecule has 2 heterocycles. The summed E-state index contributed by atoms with van der Waals surface area (Å²) in [6, 6.07) is 0. The first-order chi connectivity index (χ1) is 11.4. The van der Waals surface area contributed by atoms with E-state index in [0.717, 1.165) is 46.9 Å². The minimum Gasteiger partial charge on any atom is -0.357 e. The number of thiazole rings is 2. The van der Waals surface area contributed by atoms with Crippen molar-refractivity contribution in [3.8, 4) is 0 Å². The number of rotatable bonds is 6. The van der Waals surface area contributed by atoms with Gasteiger partial charge in [-0.1, -0.05) is 20.8 Å². The van der Waals surface area contributed by atoms with Gasteiger partial charge in [-0.25, -0.2) is 15.0 Å². The van der Waals surface area contributed by atoms with Crippen LogP contribution in [-0.2, 0) is 18.4 Å². The second-order valence-electron chi connectivity index (χ2n) is 6.62. The van der Waals surface area contributed by atoms with Crippen LogP contribution < -0.4 is 10.6 Å². The number of aryl methyl sites for hydroxylation is 1. The van der Waals surface area contributed by atoms with E-state index < -0.39 is 0 Å². The predicted molar refractivity (Wildman–Crippen MR) is 120 cm³/mol. The van der Waals surface area contributed by atoms with Crippen molar-refractivity contribution in [3.05, 3.63) is 32.2 Å². The minimum absolute atomic E-state index is 0. The third-order valence-corrected chi connectivity index (χ3v) is 5.42. The Bertz CT molecular complexity index is 673.